The Hall–Kier alpha value is -1.59. The van der Waals surface area contributed by atoms with E-state index in [1.807, 2.05) is 24.3 Å². The maximum atomic E-state index is 12.6. The van der Waals surface area contributed by atoms with Gasteiger partial charge in [-0.2, -0.15) is 0 Å². The fourth-order valence-electron chi connectivity index (χ4n) is 4.55. The van der Waals surface area contributed by atoms with Crippen molar-refractivity contribution in [3.63, 3.8) is 0 Å². The van der Waals surface area contributed by atoms with E-state index in [1.165, 1.54) is 12.8 Å². The molecule has 0 bridgehead atoms. The van der Waals surface area contributed by atoms with Crippen molar-refractivity contribution in [2.75, 3.05) is 26.8 Å². The van der Waals surface area contributed by atoms with Crippen LogP contribution in [0.1, 0.15) is 24.8 Å². The Morgan fingerprint density at radius 2 is 2.21 bits per heavy atom. The van der Waals surface area contributed by atoms with Gasteiger partial charge in [-0.15, -0.1) is 0 Å². The van der Waals surface area contributed by atoms with E-state index in [0.717, 1.165) is 37.4 Å². The number of nitrogens with one attached hydrogen (secondary N) is 1. The van der Waals surface area contributed by atoms with Crippen molar-refractivity contribution in [3.8, 4) is 5.75 Å². The molecule has 5 nitrogen and oxygen atoms in total. The first kappa shape index (κ1) is 15.9. The number of benzene rings is 1. The standard InChI is InChI=1S/C19H26N2O3/c1-23-14-6-4-5-13(11-14)12-16(22)20-17-15-7-10-24-19(15)18(17)21-8-2-3-9-21/h4-6,11,15,17-19H,2-3,7-10,12H2,1H3,(H,20,22)/t15-,17+,18-,19-/m1/s1. The van der Waals surface area contributed by atoms with Gasteiger partial charge >= 0.3 is 0 Å². The molecule has 130 valence electrons. The molecule has 3 fully saturated rings. The third-order valence-electron chi connectivity index (χ3n) is 5.74. The number of methoxy groups -OCH3 is 1. The van der Waals surface area contributed by atoms with Crippen molar-refractivity contribution >= 4 is 5.91 Å². The number of fused-ring (bicyclic) bond motifs is 1. The molecule has 5 heteroatoms. The third kappa shape index (κ3) is 2.91. The number of carbonyl (C=O) groups is 1. The van der Waals surface area contributed by atoms with Crippen molar-refractivity contribution in [3.05, 3.63) is 29.8 Å². The predicted octanol–water partition coefficient (Wildman–Crippen LogP) is 1.61. The highest BCUT2D eigenvalue weighted by Gasteiger charge is 2.56. The van der Waals surface area contributed by atoms with Gasteiger partial charge in [0.1, 0.15) is 5.75 Å². The molecule has 1 amide bonds. The first-order valence-corrected chi connectivity index (χ1v) is 9.04. The molecule has 0 unspecified atom stereocenters. The SMILES string of the molecule is COc1cccc(CC(=O)N[C@H]2[C@H]3CCO[C@H]3[C@@H]2N2CCCC2)c1. The van der Waals surface area contributed by atoms with E-state index in [2.05, 4.69) is 10.2 Å². The molecule has 0 spiro atoms. The molecule has 1 aliphatic carbocycles. The zero-order valence-corrected chi connectivity index (χ0v) is 14.2. The van der Waals surface area contributed by atoms with E-state index in [-0.39, 0.29) is 11.9 Å². The largest absolute Gasteiger partial charge is 0.497 e. The molecule has 0 aromatic heterocycles. The first-order valence-electron chi connectivity index (χ1n) is 9.04. The second-order valence-electron chi connectivity index (χ2n) is 7.14. The summed E-state index contributed by atoms with van der Waals surface area (Å²) in [5.41, 5.74) is 0.989. The highest BCUT2D eigenvalue weighted by atomic mass is 16.5. The van der Waals surface area contributed by atoms with Gasteiger partial charge in [-0.25, -0.2) is 0 Å². The summed E-state index contributed by atoms with van der Waals surface area (Å²) in [4.78, 5) is 15.1. The highest BCUT2D eigenvalue weighted by molar-refractivity contribution is 5.79. The van der Waals surface area contributed by atoms with Crippen LogP contribution >= 0.6 is 0 Å². The van der Waals surface area contributed by atoms with Gasteiger partial charge in [-0.1, -0.05) is 12.1 Å². The molecule has 4 atom stereocenters. The lowest BCUT2D eigenvalue weighted by Crippen LogP contribution is -2.70. The molecule has 2 saturated heterocycles. The minimum Gasteiger partial charge on any atom is -0.497 e. The minimum atomic E-state index is 0.0998. The fourth-order valence-corrected chi connectivity index (χ4v) is 4.55. The Labute approximate surface area is 143 Å². The second-order valence-corrected chi connectivity index (χ2v) is 7.14. The van der Waals surface area contributed by atoms with Crippen LogP contribution in [0.5, 0.6) is 5.75 Å². The molecule has 1 saturated carbocycles. The van der Waals surface area contributed by atoms with Crippen molar-refractivity contribution < 1.29 is 14.3 Å². The Morgan fingerprint density at radius 3 is 3.00 bits per heavy atom. The van der Waals surface area contributed by atoms with Gasteiger partial charge in [0.15, 0.2) is 0 Å². The zero-order valence-electron chi connectivity index (χ0n) is 14.2. The number of rotatable bonds is 5. The van der Waals surface area contributed by atoms with Crippen LogP contribution in [0.4, 0.5) is 0 Å². The molecular weight excluding hydrogens is 304 g/mol. The molecule has 1 N–H and O–H groups in total. The average molecular weight is 330 g/mol. The van der Waals surface area contributed by atoms with E-state index < -0.39 is 0 Å². The van der Waals surface area contributed by atoms with E-state index in [4.69, 9.17) is 9.47 Å². The van der Waals surface area contributed by atoms with Crippen LogP contribution in [0, 0.1) is 5.92 Å². The number of hydrogen-bond acceptors (Lipinski definition) is 4. The predicted molar refractivity (Wildman–Crippen MR) is 91.1 cm³/mol. The maximum Gasteiger partial charge on any atom is 0.224 e. The molecule has 3 aliphatic rings. The van der Waals surface area contributed by atoms with Gasteiger partial charge in [0.2, 0.25) is 5.91 Å². The molecule has 2 aliphatic heterocycles. The monoisotopic (exact) mass is 330 g/mol. The summed E-state index contributed by atoms with van der Waals surface area (Å²) in [6.07, 6.45) is 4.32. The van der Waals surface area contributed by atoms with Crippen molar-refractivity contribution in [2.24, 2.45) is 5.92 Å². The van der Waals surface area contributed by atoms with Gasteiger partial charge in [-0.3, -0.25) is 9.69 Å². The quantitative estimate of drug-likeness (QED) is 0.891. The molecule has 24 heavy (non-hydrogen) atoms. The zero-order chi connectivity index (χ0) is 16.5. The number of likely N-dealkylation sites (tertiary alicyclic amines) is 1. The third-order valence-corrected chi connectivity index (χ3v) is 5.74. The van der Waals surface area contributed by atoms with Crippen LogP contribution in [-0.2, 0) is 16.0 Å². The summed E-state index contributed by atoms with van der Waals surface area (Å²) in [6.45, 7) is 3.11. The van der Waals surface area contributed by atoms with E-state index in [1.54, 1.807) is 7.11 Å². The maximum absolute atomic E-state index is 12.6. The van der Waals surface area contributed by atoms with E-state index >= 15 is 0 Å². The van der Waals surface area contributed by atoms with Crippen molar-refractivity contribution in [1.82, 2.24) is 10.2 Å². The minimum absolute atomic E-state index is 0.0998. The molecule has 4 rings (SSSR count). The Bertz CT molecular complexity index is 595. The molecule has 1 aromatic rings. The average Bonchev–Trinajstić information content (AvgIpc) is 3.24. The lowest BCUT2D eigenvalue weighted by Gasteiger charge is -2.51. The van der Waals surface area contributed by atoms with Crippen LogP contribution in [0.25, 0.3) is 0 Å². The highest BCUT2D eigenvalue weighted by Crippen LogP contribution is 2.42. The normalized spacial score (nSPS) is 32.2. The molecule has 0 radical (unpaired) electrons. The van der Waals surface area contributed by atoms with Gasteiger partial charge in [0.05, 0.1) is 31.7 Å². The van der Waals surface area contributed by atoms with Gasteiger partial charge in [0, 0.05) is 12.5 Å². The smallest absolute Gasteiger partial charge is 0.224 e. The van der Waals surface area contributed by atoms with Crippen molar-refractivity contribution in [2.45, 2.75) is 43.9 Å². The second kappa shape index (κ2) is 6.73. The van der Waals surface area contributed by atoms with Gasteiger partial charge < -0.3 is 14.8 Å². The van der Waals surface area contributed by atoms with E-state index in [0.29, 0.717) is 24.5 Å². The topological polar surface area (TPSA) is 50.8 Å². The van der Waals surface area contributed by atoms with Gasteiger partial charge in [0.25, 0.3) is 0 Å². The lowest BCUT2D eigenvalue weighted by atomic mass is 9.70. The Kier molecular flexibility index (Phi) is 4.46. The van der Waals surface area contributed by atoms with Crippen LogP contribution in [0.2, 0.25) is 0 Å². The Morgan fingerprint density at radius 1 is 1.38 bits per heavy atom. The van der Waals surface area contributed by atoms with Crippen LogP contribution in [0.15, 0.2) is 24.3 Å². The number of nitrogens with zero attached hydrogens (tertiary/aromatic N) is 1. The van der Waals surface area contributed by atoms with Crippen LogP contribution in [0.3, 0.4) is 0 Å². The van der Waals surface area contributed by atoms with Crippen molar-refractivity contribution in [1.29, 1.82) is 0 Å². The Balaban J connectivity index is 1.40. The fraction of sp³-hybridized carbons (Fsp3) is 0.632. The van der Waals surface area contributed by atoms with Gasteiger partial charge in [-0.05, 0) is 50.0 Å². The lowest BCUT2D eigenvalue weighted by molar-refractivity contribution is -0.128. The number of ether oxygens (including phenoxy) is 2. The summed E-state index contributed by atoms with van der Waals surface area (Å²) in [5, 5.41) is 3.30. The number of hydrogen-bond donors (Lipinski definition) is 1. The summed E-state index contributed by atoms with van der Waals surface area (Å²) in [5.74, 6) is 1.39. The summed E-state index contributed by atoms with van der Waals surface area (Å²) in [7, 11) is 1.65. The summed E-state index contributed by atoms with van der Waals surface area (Å²) >= 11 is 0. The molecular formula is C19H26N2O3. The van der Waals surface area contributed by atoms with Crippen LogP contribution < -0.4 is 10.1 Å². The summed E-state index contributed by atoms with van der Waals surface area (Å²) < 4.78 is 11.2. The number of carbonyl (C=O) groups excluding carboxylic acids is 1. The molecule has 2 heterocycles. The number of amides is 1. The first-order chi connectivity index (χ1) is 11.8. The molecule has 1 aromatic carbocycles. The summed E-state index contributed by atoms with van der Waals surface area (Å²) in [6, 6.07) is 8.35. The van der Waals surface area contributed by atoms with Crippen LogP contribution in [-0.4, -0.2) is 55.8 Å². The van der Waals surface area contributed by atoms with E-state index in [9.17, 15) is 4.79 Å².